The normalized spacial score (nSPS) is 11.2. The maximum atomic E-state index is 4.27. The van der Waals surface area contributed by atoms with Crippen molar-refractivity contribution in [3.05, 3.63) is 18.0 Å². The fourth-order valence-corrected chi connectivity index (χ4v) is 2.03. The van der Waals surface area contributed by atoms with E-state index in [9.17, 15) is 0 Å². The molecule has 2 heteroatoms. The van der Waals surface area contributed by atoms with Crippen LogP contribution in [0.25, 0.3) is 0 Å². The van der Waals surface area contributed by atoms with Gasteiger partial charge in [0.05, 0.1) is 6.20 Å². The van der Waals surface area contributed by atoms with Gasteiger partial charge < -0.3 is 0 Å². The summed E-state index contributed by atoms with van der Waals surface area (Å²) in [5.41, 5.74) is 1.43. The molecule has 1 heterocycles. The molecular formula is C13H24N2. The van der Waals surface area contributed by atoms with Gasteiger partial charge in [-0.15, -0.1) is 0 Å². The quantitative estimate of drug-likeness (QED) is 0.665. The van der Waals surface area contributed by atoms with Gasteiger partial charge in [-0.1, -0.05) is 39.5 Å². The smallest absolute Gasteiger partial charge is 0.0524 e. The highest BCUT2D eigenvalue weighted by Crippen LogP contribution is 2.26. The number of unbranched alkanes of at least 4 members (excludes halogenated alkanes) is 2. The van der Waals surface area contributed by atoms with E-state index in [0.717, 1.165) is 5.92 Å². The predicted octanol–water partition coefficient (Wildman–Crippen LogP) is 3.88. The van der Waals surface area contributed by atoms with Gasteiger partial charge >= 0.3 is 0 Å². The molecule has 2 nitrogen and oxygen atoms in total. The number of aromatic nitrogens is 2. The summed E-state index contributed by atoms with van der Waals surface area (Å²) in [4.78, 5) is 0. The van der Waals surface area contributed by atoms with Crippen molar-refractivity contribution in [1.29, 1.82) is 0 Å². The van der Waals surface area contributed by atoms with Gasteiger partial charge in [-0.25, -0.2) is 0 Å². The molecule has 15 heavy (non-hydrogen) atoms. The third kappa shape index (κ3) is 4.06. The highest BCUT2D eigenvalue weighted by Gasteiger charge is 2.11. The summed E-state index contributed by atoms with van der Waals surface area (Å²) in [6, 6.07) is 0. The molecule has 0 aliphatic carbocycles. The van der Waals surface area contributed by atoms with Crippen LogP contribution in [0.15, 0.2) is 12.4 Å². The Bertz CT molecular complexity index is 257. The molecule has 0 unspecified atom stereocenters. The minimum atomic E-state index is 0.735. The first-order chi connectivity index (χ1) is 7.27. The van der Waals surface area contributed by atoms with Crippen LogP contribution < -0.4 is 0 Å². The second-order valence-electron chi connectivity index (χ2n) is 4.43. The Hall–Kier alpha value is -0.790. The zero-order valence-electron chi connectivity index (χ0n) is 10.4. The first-order valence-corrected chi connectivity index (χ1v) is 6.26. The molecule has 0 amide bonds. The number of hydrogen-bond acceptors (Lipinski definition) is 1. The lowest BCUT2D eigenvalue weighted by molar-refractivity contribution is 0.524. The lowest BCUT2D eigenvalue weighted by Crippen LogP contribution is -1.98. The average Bonchev–Trinajstić information content (AvgIpc) is 2.65. The maximum absolute atomic E-state index is 4.27. The van der Waals surface area contributed by atoms with Crippen molar-refractivity contribution in [2.45, 2.75) is 58.3 Å². The topological polar surface area (TPSA) is 17.8 Å². The van der Waals surface area contributed by atoms with Crippen molar-refractivity contribution < 1.29 is 0 Å². The Balaban J connectivity index is 2.54. The van der Waals surface area contributed by atoms with Crippen LogP contribution in [0.3, 0.4) is 0 Å². The molecule has 0 aliphatic rings. The molecule has 0 bridgehead atoms. The molecule has 0 aromatic carbocycles. The van der Waals surface area contributed by atoms with Crippen molar-refractivity contribution in [2.75, 3.05) is 0 Å². The van der Waals surface area contributed by atoms with E-state index in [-0.39, 0.29) is 0 Å². The Kier molecular flexibility index (Phi) is 5.44. The zero-order chi connectivity index (χ0) is 11.1. The monoisotopic (exact) mass is 208 g/mol. The molecule has 86 valence electrons. The summed E-state index contributed by atoms with van der Waals surface area (Å²) in [6.07, 6.45) is 12.1. The van der Waals surface area contributed by atoms with Crippen molar-refractivity contribution in [2.24, 2.45) is 7.05 Å². The van der Waals surface area contributed by atoms with Gasteiger partial charge in [0.2, 0.25) is 0 Å². The molecule has 0 atom stereocenters. The first-order valence-electron chi connectivity index (χ1n) is 6.26. The van der Waals surface area contributed by atoms with E-state index in [0.29, 0.717) is 0 Å². The summed E-state index contributed by atoms with van der Waals surface area (Å²) in [7, 11) is 2.00. The van der Waals surface area contributed by atoms with E-state index < -0.39 is 0 Å². The van der Waals surface area contributed by atoms with Crippen LogP contribution in [0.4, 0.5) is 0 Å². The Morgan fingerprint density at radius 1 is 1.20 bits per heavy atom. The van der Waals surface area contributed by atoms with E-state index in [1.54, 1.807) is 0 Å². The maximum Gasteiger partial charge on any atom is 0.0524 e. The van der Waals surface area contributed by atoms with Crippen LogP contribution in [0.2, 0.25) is 0 Å². The van der Waals surface area contributed by atoms with Gasteiger partial charge in [0.25, 0.3) is 0 Å². The van der Waals surface area contributed by atoms with Crippen LogP contribution in [0.5, 0.6) is 0 Å². The average molecular weight is 208 g/mol. The minimum absolute atomic E-state index is 0.735. The van der Waals surface area contributed by atoms with Gasteiger partial charge in [-0.05, 0) is 24.3 Å². The second-order valence-corrected chi connectivity index (χ2v) is 4.43. The van der Waals surface area contributed by atoms with Crippen molar-refractivity contribution in [3.8, 4) is 0 Å². The molecule has 1 rings (SSSR count). The summed E-state index contributed by atoms with van der Waals surface area (Å²) < 4.78 is 1.92. The third-order valence-electron chi connectivity index (χ3n) is 3.01. The standard InChI is InChI=1S/C13H24N2/c1-4-6-8-12(9-7-5-2)13-10-14-15(3)11-13/h10-12H,4-9H2,1-3H3. The van der Waals surface area contributed by atoms with E-state index in [2.05, 4.69) is 25.1 Å². The molecule has 0 N–H and O–H groups in total. The number of aryl methyl sites for hydroxylation is 1. The van der Waals surface area contributed by atoms with E-state index >= 15 is 0 Å². The summed E-state index contributed by atoms with van der Waals surface area (Å²) in [6.45, 7) is 4.53. The fraction of sp³-hybridized carbons (Fsp3) is 0.769. The molecule has 1 aromatic rings. The summed E-state index contributed by atoms with van der Waals surface area (Å²) in [5, 5.41) is 4.27. The van der Waals surface area contributed by atoms with Crippen LogP contribution in [-0.2, 0) is 7.05 Å². The van der Waals surface area contributed by atoms with E-state index in [1.165, 1.54) is 44.1 Å². The zero-order valence-corrected chi connectivity index (χ0v) is 10.4. The SMILES string of the molecule is CCCCC(CCCC)c1cnn(C)c1. The second kappa shape index (κ2) is 6.65. The highest BCUT2D eigenvalue weighted by atomic mass is 15.2. The lowest BCUT2D eigenvalue weighted by Gasteiger charge is -2.14. The van der Waals surface area contributed by atoms with E-state index in [4.69, 9.17) is 0 Å². The lowest BCUT2D eigenvalue weighted by atomic mass is 9.91. The van der Waals surface area contributed by atoms with E-state index in [1.807, 2.05) is 17.9 Å². The Labute approximate surface area is 93.7 Å². The van der Waals surface area contributed by atoms with Gasteiger partial charge in [0.1, 0.15) is 0 Å². The summed E-state index contributed by atoms with van der Waals surface area (Å²) in [5.74, 6) is 0.735. The van der Waals surface area contributed by atoms with Crippen LogP contribution in [-0.4, -0.2) is 9.78 Å². The molecule has 0 aliphatic heterocycles. The largest absolute Gasteiger partial charge is 0.276 e. The van der Waals surface area contributed by atoms with Crippen LogP contribution >= 0.6 is 0 Å². The molecule has 1 aromatic heterocycles. The van der Waals surface area contributed by atoms with Gasteiger partial charge in [-0.2, -0.15) is 5.10 Å². The molecule has 0 spiro atoms. The number of rotatable bonds is 7. The minimum Gasteiger partial charge on any atom is -0.276 e. The molecular weight excluding hydrogens is 184 g/mol. The first kappa shape index (κ1) is 12.3. The highest BCUT2D eigenvalue weighted by molar-refractivity contribution is 5.10. The fourth-order valence-electron chi connectivity index (χ4n) is 2.03. The van der Waals surface area contributed by atoms with Gasteiger partial charge in [-0.3, -0.25) is 4.68 Å². The number of nitrogens with zero attached hydrogens (tertiary/aromatic N) is 2. The molecule has 0 fully saturated rings. The van der Waals surface area contributed by atoms with Crippen LogP contribution in [0.1, 0.15) is 63.9 Å². The van der Waals surface area contributed by atoms with Crippen molar-refractivity contribution in [1.82, 2.24) is 9.78 Å². The molecule has 0 saturated carbocycles. The van der Waals surface area contributed by atoms with Gasteiger partial charge in [0.15, 0.2) is 0 Å². The van der Waals surface area contributed by atoms with Gasteiger partial charge in [0, 0.05) is 13.2 Å². The summed E-state index contributed by atoms with van der Waals surface area (Å²) >= 11 is 0. The van der Waals surface area contributed by atoms with Crippen LogP contribution in [0, 0.1) is 0 Å². The van der Waals surface area contributed by atoms with Crippen molar-refractivity contribution in [3.63, 3.8) is 0 Å². The Morgan fingerprint density at radius 3 is 2.20 bits per heavy atom. The molecule has 0 radical (unpaired) electrons. The van der Waals surface area contributed by atoms with Crippen molar-refractivity contribution >= 4 is 0 Å². The predicted molar refractivity (Wildman–Crippen MR) is 65.0 cm³/mol. The number of hydrogen-bond donors (Lipinski definition) is 0. The molecule has 0 saturated heterocycles. The third-order valence-corrected chi connectivity index (χ3v) is 3.01. The Morgan fingerprint density at radius 2 is 1.80 bits per heavy atom.